The Morgan fingerprint density at radius 2 is 2.25 bits per heavy atom. The minimum atomic E-state index is 0. The average molecular weight is 348 g/mol. The van der Waals surface area contributed by atoms with Crippen LogP contribution < -0.4 is 5.32 Å². The molecule has 3 heterocycles. The number of hydrogen-bond acceptors (Lipinski definition) is 4. The smallest absolute Gasteiger partial charge is 0.254 e. The summed E-state index contributed by atoms with van der Waals surface area (Å²) >= 11 is 0. The predicted octanol–water partition coefficient (Wildman–Crippen LogP) is 3.74. The van der Waals surface area contributed by atoms with Crippen LogP contribution in [0.15, 0.2) is 28.8 Å². The molecular weight excluding hydrogens is 326 g/mol. The van der Waals surface area contributed by atoms with E-state index in [0.717, 1.165) is 67.0 Å². The maximum Gasteiger partial charge on any atom is 0.254 e. The molecule has 1 saturated heterocycles. The van der Waals surface area contributed by atoms with Crippen molar-refractivity contribution < 1.29 is 9.32 Å². The lowest BCUT2D eigenvalue weighted by Crippen LogP contribution is -2.31. The van der Waals surface area contributed by atoms with Crippen LogP contribution in [0.5, 0.6) is 0 Å². The Morgan fingerprint density at radius 1 is 1.38 bits per heavy atom. The summed E-state index contributed by atoms with van der Waals surface area (Å²) in [5, 5.41) is 7.37. The largest absolute Gasteiger partial charge is 0.385 e. The van der Waals surface area contributed by atoms with Gasteiger partial charge < -0.3 is 14.7 Å². The van der Waals surface area contributed by atoms with Crippen LogP contribution in [0.2, 0.25) is 0 Å². The Hall–Kier alpha value is -2.01. The predicted molar refractivity (Wildman–Crippen MR) is 94.8 cm³/mol. The summed E-state index contributed by atoms with van der Waals surface area (Å²) in [4.78, 5) is 15.1. The molecule has 0 bridgehead atoms. The van der Waals surface area contributed by atoms with Crippen molar-refractivity contribution in [1.82, 2.24) is 10.1 Å². The van der Waals surface area contributed by atoms with Crippen molar-refractivity contribution in [2.75, 3.05) is 18.4 Å². The van der Waals surface area contributed by atoms with Crippen LogP contribution in [-0.4, -0.2) is 29.1 Å². The van der Waals surface area contributed by atoms with Gasteiger partial charge in [-0.3, -0.25) is 4.79 Å². The number of nitrogens with one attached hydrogen (secondary N) is 1. The molecule has 2 aliphatic rings. The number of anilines is 1. The highest BCUT2D eigenvalue weighted by atomic mass is 35.5. The van der Waals surface area contributed by atoms with E-state index >= 15 is 0 Å². The topological polar surface area (TPSA) is 58.4 Å². The van der Waals surface area contributed by atoms with Crippen molar-refractivity contribution in [3.05, 3.63) is 46.8 Å². The van der Waals surface area contributed by atoms with Crippen molar-refractivity contribution in [2.45, 2.75) is 38.6 Å². The average Bonchev–Trinajstić information content (AvgIpc) is 3.22. The van der Waals surface area contributed by atoms with Crippen LogP contribution in [0, 0.1) is 6.92 Å². The Labute approximate surface area is 147 Å². The van der Waals surface area contributed by atoms with Crippen LogP contribution in [0.4, 0.5) is 5.69 Å². The van der Waals surface area contributed by atoms with Gasteiger partial charge in [0.2, 0.25) is 0 Å². The second-order valence-electron chi connectivity index (χ2n) is 6.39. The van der Waals surface area contributed by atoms with Crippen LogP contribution >= 0.6 is 12.4 Å². The molecule has 1 aromatic carbocycles. The van der Waals surface area contributed by atoms with Gasteiger partial charge in [0.15, 0.2) is 5.76 Å². The molecule has 24 heavy (non-hydrogen) atoms. The highest BCUT2D eigenvalue weighted by Crippen LogP contribution is 2.35. The molecule has 1 amide bonds. The summed E-state index contributed by atoms with van der Waals surface area (Å²) in [5.74, 6) is 0.915. The molecule has 5 nitrogen and oxygen atoms in total. The van der Waals surface area contributed by atoms with Gasteiger partial charge in [0.25, 0.3) is 5.91 Å². The lowest BCUT2D eigenvalue weighted by atomic mass is 9.96. The molecule has 0 spiro atoms. The number of hydrogen-bond donors (Lipinski definition) is 1. The van der Waals surface area contributed by atoms with Crippen molar-refractivity contribution in [2.24, 2.45) is 0 Å². The summed E-state index contributed by atoms with van der Waals surface area (Å²) in [6.07, 6.45) is 3.98. The maximum absolute atomic E-state index is 13.1. The van der Waals surface area contributed by atoms with E-state index in [4.69, 9.17) is 4.52 Å². The molecule has 1 unspecified atom stereocenters. The summed E-state index contributed by atoms with van der Waals surface area (Å²) in [6, 6.07) is 7.93. The zero-order valence-corrected chi connectivity index (χ0v) is 14.6. The molecule has 1 aromatic heterocycles. The third kappa shape index (κ3) is 2.88. The van der Waals surface area contributed by atoms with Crippen LogP contribution in [-0.2, 0) is 6.42 Å². The molecule has 0 radical (unpaired) electrons. The first-order valence-corrected chi connectivity index (χ1v) is 8.34. The van der Waals surface area contributed by atoms with Crippen molar-refractivity contribution in [1.29, 1.82) is 0 Å². The number of fused-ring (bicyclic) bond motifs is 1. The number of aromatic nitrogens is 1. The number of amides is 1. The normalized spacial score (nSPS) is 19.4. The van der Waals surface area contributed by atoms with Crippen LogP contribution in [0.1, 0.15) is 52.7 Å². The third-order valence-electron chi connectivity index (χ3n) is 4.81. The van der Waals surface area contributed by atoms with Crippen LogP contribution in [0.3, 0.4) is 0 Å². The van der Waals surface area contributed by atoms with E-state index in [1.165, 1.54) is 0 Å². The zero-order valence-electron chi connectivity index (χ0n) is 13.7. The molecule has 1 fully saturated rings. The molecule has 0 saturated carbocycles. The Morgan fingerprint density at radius 3 is 3.04 bits per heavy atom. The molecule has 128 valence electrons. The molecule has 1 atom stereocenters. The van der Waals surface area contributed by atoms with E-state index in [1.54, 1.807) is 0 Å². The number of aryl methyl sites for hydroxylation is 1. The van der Waals surface area contributed by atoms with Crippen molar-refractivity contribution in [3.63, 3.8) is 0 Å². The standard InChI is InChI=1S/C18H21N3O2.ClH/c1-12-11-17(23-20-12)16-8-4-10-21(16)18(22)14-5-2-7-15-13(14)6-3-9-19-15;/h2,5,7,11,16,19H,3-4,6,8-10H2,1H3;1H. The van der Waals surface area contributed by atoms with Gasteiger partial charge in [-0.1, -0.05) is 11.2 Å². The number of rotatable bonds is 2. The van der Waals surface area contributed by atoms with Gasteiger partial charge in [-0.15, -0.1) is 12.4 Å². The summed E-state index contributed by atoms with van der Waals surface area (Å²) < 4.78 is 5.42. The molecule has 2 aromatic rings. The van der Waals surface area contributed by atoms with Crippen molar-refractivity contribution in [3.8, 4) is 0 Å². The number of halogens is 1. The number of likely N-dealkylation sites (tertiary alicyclic amines) is 1. The molecule has 4 rings (SSSR count). The van der Waals surface area contributed by atoms with Gasteiger partial charge >= 0.3 is 0 Å². The quantitative estimate of drug-likeness (QED) is 0.899. The number of benzene rings is 1. The fourth-order valence-corrected chi connectivity index (χ4v) is 3.71. The number of nitrogens with zero attached hydrogens (tertiary/aromatic N) is 2. The zero-order chi connectivity index (χ0) is 15.8. The SMILES string of the molecule is Cc1cc(C2CCCN2C(=O)c2cccc3c2CCCN3)on1.Cl. The monoisotopic (exact) mass is 347 g/mol. The highest BCUT2D eigenvalue weighted by Gasteiger charge is 2.34. The summed E-state index contributed by atoms with van der Waals surface area (Å²) in [6.45, 7) is 3.67. The summed E-state index contributed by atoms with van der Waals surface area (Å²) in [5.41, 5.74) is 3.95. The maximum atomic E-state index is 13.1. The number of carbonyl (C=O) groups is 1. The first kappa shape index (κ1) is 16.8. The lowest BCUT2D eigenvalue weighted by Gasteiger charge is -2.26. The van der Waals surface area contributed by atoms with Crippen molar-refractivity contribution >= 4 is 24.0 Å². The minimum absolute atomic E-state index is 0. The molecule has 0 aliphatic carbocycles. The number of carbonyl (C=O) groups excluding carboxylic acids is 1. The molecular formula is C18H22ClN3O2. The fourth-order valence-electron chi connectivity index (χ4n) is 3.71. The van der Waals surface area contributed by atoms with Gasteiger partial charge in [0.05, 0.1) is 11.7 Å². The molecule has 2 aliphatic heterocycles. The highest BCUT2D eigenvalue weighted by molar-refractivity contribution is 5.97. The Kier molecular flexibility index (Phi) is 4.81. The molecule has 1 N–H and O–H groups in total. The van der Waals surface area contributed by atoms with Gasteiger partial charge in [0, 0.05) is 30.4 Å². The summed E-state index contributed by atoms with van der Waals surface area (Å²) in [7, 11) is 0. The van der Waals surface area contributed by atoms with Gasteiger partial charge in [-0.25, -0.2) is 0 Å². The Bertz CT molecular complexity index is 744. The minimum Gasteiger partial charge on any atom is -0.385 e. The van der Waals surface area contributed by atoms with E-state index in [9.17, 15) is 4.79 Å². The van der Waals surface area contributed by atoms with E-state index in [2.05, 4.69) is 16.5 Å². The van der Waals surface area contributed by atoms with Gasteiger partial charge in [-0.05, 0) is 50.3 Å². The van der Waals surface area contributed by atoms with E-state index in [0.29, 0.717) is 0 Å². The first-order chi connectivity index (χ1) is 11.2. The molecule has 6 heteroatoms. The fraction of sp³-hybridized carbons (Fsp3) is 0.444. The van der Waals surface area contributed by atoms with E-state index in [-0.39, 0.29) is 24.4 Å². The second-order valence-corrected chi connectivity index (χ2v) is 6.39. The van der Waals surface area contributed by atoms with Gasteiger partial charge in [0.1, 0.15) is 0 Å². The van der Waals surface area contributed by atoms with Gasteiger partial charge in [-0.2, -0.15) is 0 Å². The lowest BCUT2D eigenvalue weighted by molar-refractivity contribution is 0.0713. The first-order valence-electron chi connectivity index (χ1n) is 8.34. The van der Waals surface area contributed by atoms with Crippen LogP contribution in [0.25, 0.3) is 0 Å². The van der Waals surface area contributed by atoms with E-state index < -0.39 is 0 Å². The Balaban J connectivity index is 0.00000169. The third-order valence-corrected chi connectivity index (χ3v) is 4.81. The second kappa shape index (κ2) is 6.85. The van der Waals surface area contributed by atoms with E-state index in [1.807, 2.05) is 30.0 Å².